The summed E-state index contributed by atoms with van der Waals surface area (Å²) < 4.78 is 5.47. The van der Waals surface area contributed by atoms with Crippen LogP contribution in [0.15, 0.2) is 71.1 Å². The van der Waals surface area contributed by atoms with Crippen LogP contribution in [-0.2, 0) is 14.3 Å². The van der Waals surface area contributed by atoms with Gasteiger partial charge >= 0.3 is 5.97 Å². The standard InChI is InChI=1S/C24H20ClNO3/c1-14-5-11-17(12-6-14)26-18-3-2-4-20(27)22(18)21(15-7-9-16(25)10-8-15)23-19(26)13-29-24(23)28/h5-12,21H,2-4,13H2,1H3. The summed E-state index contributed by atoms with van der Waals surface area (Å²) >= 11 is 6.08. The zero-order valence-corrected chi connectivity index (χ0v) is 16.8. The Morgan fingerprint density at radius 3 is 2.38 bits per heavy atom. The monoisotopic (exact) mass is 405 g/mol. The van der Waals surface area contributed by atoms with Gasteiger partial charge in [-0.25, -0.2) is 4.79 Å². The Bertz CT molecular complexity index is 1080. The number of rotatable bonds is 2. The summed E-state index contributed by atoms with van der Waals surface area (Å²) in [7, 11) is 0. The van der Waals surface area contributed by atoms with Crippen molar-refractivity contribution in [1.29, 1.82) is 0 Å². The maximum Gasteiger partial charge on any atom is 0.337 e. The van der Waals surface area contributed by atoms with Gasteiger partial charge in [-0.15, -0.1) is 0 Å². The van der Waals surface area contributed by atoms with Crippen LogP contribution in [0.5, 0.6) is 0 Å². The summed E-state index contributed by atoms with van der Waals surface area (Å²) in [6.07, 6.45) is 2.11. The first-order valence-electron chi connectivity index (χ1n) is 9.83. The largest absolute Gasteiger partial charge is 0.456 e. The number of ketones is 1. The molecule has 0 bridgehead atoms. The minimum Gasteiger partial charge on any atom is -0.456 e. The van der Waals surface area contributed by atoms with E-state index in [2.05, 4.69) is 4.90 Å². The highest BCUT2D eigenvalue weighted by Gasteiger charge is 2.46. The summed E-state index contributed by atoms with van der Waals surface area (Å²) in [5.41, 5.74) is 6.13. The van der Waals surface area contributed by atoms with Crippen molar-refractivity contribution in [3.8, 4) is 0 Å². The van der Waals surface area contributed by atoms with Gasteiger partial charge in [-0.1, -0.05) is 41.4 Å². The van der Waals surface area contributed by atoms with E-state index in [4.69, 9.17) is 16.3 Å². The highest BCUT2D eigenvalue weighted by molar-refractivity contribution is 6.30. The number of nitrogens with zero attached hydrogens (tertiary/aromatic N) is 1. The van der Waals surface area contributed by atoms with E-state index < -0.39 is 5.92 Å². The highest BCUT2D eigenvalue weighted by atomic mass is 35.5. The summed E-state index contributed by atoms with van der Waals surface area (Å²) in [4.78, 5) is 28.0. The quantitative estimate of drug-likeness (QED) is 0.654. The van der Waals surface area contributed by atoms with Gasteiger partial charge in [-0.3, -0.25) is 4.79 Å². The van der Waals surface area contributed by atoms with Crippen LogP contribution in [0.1, 0.15) is 36.3 Å². The smallest absolute Gasteiger partial charge is 0.337 e. The fraction of sp³-hybridized carbons (Fsp3) is 0.250. The van der Waals surface area contributed by atoms with Gasteiger partial charge < -0.3 is 9.64 Å². The molecule has 2 aliphatic heterocycles. The number of anilines is 1. The van der Waals surface area contributed by atoms with E-state index in [-0.39, 0.29) is 18.4 Å². The molecular formula is C24H20ClNO3. The molecule has 0 saturated carbocycles. The number of aryl methyl sites for hydroxylation is 1. The average Bonchev–Trinajstić information content (AvgIpc) is 3.10. The first-order valence-corrected chi connectivity index (χ1v) is 10.2. The Morgan fingerprint density at radius 1 is 0.931 bits per heavy atom. The van der Waals surface area contributed by atoms with E-state index >= 15 is 0 Å². The molecule has 0 aromatic heterocycles. The minimum atomic E-state index is -0.401. The predicted molar refractivity (Wildman–Crippen MR) is 112 cm³/mol. The van der Waals surface area contributed by atoms with Crippen molar-refractivity contribution in [3.05, 3.63) is 87.2 Å². The summed E-state index contributed by atoms with van der Waals surface area (Å²) in [5, 5.41) is 0.623. The van der Waals surface area contributed by atoms with Crippen molar-refractivity contribution in [3.63, 3.8) is 0 Å². The third-order valence-corrected chi connectivity index (χ3v) is 6.16. The average molecular weight is 406 g/mol. The van der Waals surface area contributed by atoms with E-state index in [0.29, 0.717) is 17.0 Å². The van der Waals surface area contributed by atoms with Gasteiger partial charge in [-0.2, -0.15) is 0 Å². The van der Waals surface area contributed by atoms with Crippen LogP contribution in [-0.4, -0.2) is 18.4 Å². The number of carbonyl (C=O) groups is 2. The third-order valence-electron chi connectivity index (χ3n) is 5.91. The third kappa shape index (κ3) is 2.90. The van der Waals surface area contributed by atoms with Gasteiger partial charge in [0.2, 0.25) is 0 Å². The van der Waals surface area contributed by atoms with Crippen LogP contribution in [0.4, 0.5) is 5.69 Å². The molecule has 2 aromatic rings. The Balaban J connectivity index is 1.75. The molecule has 1 aliphatic carbocycles. The van der Waals surface area contributed by atoms with Gasteiger partial charge in [-0.05, 0) is 49.6 Å². The molecule has 1 unspecified atom stereocenters. The lowest BCUT2D eigenvalue weighted by Gasteiger charge is -2.39. The lowest BCUT2D eigenvalue weighted by atomic mass is 9.75. The first kappa shape index (κ1) is 18.2. The molecule has 146 valence electrons. The molecule has 0 radical (unpaired) electrons. The van der Waals surface area contributed by atoms with Crippen molar-refractivity contribution in [1.82, 2.24) is 0 Å². The summed E-state index contributed by atoms with van der Waals surface area (Å²) in [6, 6.07) is 15.6. The van der Waals surface area contributed by atoms with Crippen molar-refractivity contribution in [2.45, 2.75) is 32.1 Å². The minimum absolute atomic E-state index is 0.106. The van der Waals surface area contributed by atoms with Crippen LogP contribution in [0, 0.1) is 6.92 Å². The molecule has 3 aliphatic rings. The number of hydrogen-bond donors (Lipinski definition) is 0. The van der Waals surface area contributed by atoms with Crippen LogP contribution in [0.25, 0.3) is 0 Å². The second-order valence-electron chi connectivity index (χ2n) is 7.73. The van der Waals surface area contributed by atoms with E-state index in [9.17, 15) is 9.59 Å². The van der Waals surface area contributed by atoms with E-state index in [1.165, 1.54) is 0 Å². The second kappa shape index (κ2) is 6.89. The first-order chi connectivity index (χ1) is 14.0. The number of esters is 1. The Morgan fingerprint density at radius 2 is 1.66 bits per heavy atom. The normalized spacial score (nSPS) is 21.3. The lowest BCUT2D eigenvalue weighted by Crippen LogP contribution is -2.36. The van der Waals surface area contributed by atoms with Gasteiger partial charge in [0.15, 0.2) is 5.78 Å². The van der Waals surface area contributed by atoms with Crippen molar-refractivity contribution in [2.75, 3.05) is 11.5 Å². The molecule has 0 fully saturated rings. The number of carbonyl (C=O) groups excluding carboxylic acids is 2. The molecule has 0 amide bonds. The topological polar surface area (TPSA) is 46.6 Å². The van der Waals surface area contributed by atoms with Gasteiger partial charge in [0, 0.05) is 34.3 Å². The number of Topliss-reactive ketones (excluding diaryl/α,β-unsaturated/α-hetero) is 1. The van der Waals surface area contributed by atoms with Crippen LogP contribution >= 0.6 is 11.6 Å². The number of allylic oxidation sites excluding steroid dienone is 2. The van der Waals surface area contributed by atoms with Crippen LogP contribution in [0.2, 0.25) is 5.02 Å². The maximum atomic E-state index is 13.1. The van der Waals surface area contributed by atoms with Crippen LogP contribution in [0.3, 0.4) is 0 Å². The molecule has 1 atom stereocenters. The zero-order valence-electron chi connectivity index (χ0n) is 16.1. The van der Waals surface area contributed by atoms with E-state index in [1.54, 1.807) is 12.1 Å². The molecule has 0 saturated heterocycles. The fourth-order valence-corrected chi connectivity index (χ4v) is 4.71. The molecule has 2 aromatic carbocycles. The zero-order chi connectivity index (χ0) is 20.1. The number of cyclic esters (lactones) is 1. The SMILES string of the molecule is Cc1ccc(N2C3=C(C(=O)CCC3)C(c3ccc(Cl)cc3)C3=C2COC3=O)cc1. The van der Waals surface area contributed by atoms with Crippen molar-refractivity contribution >= 4 is 29.0 Å². The van der Waals surface area contributed by atoms with Gasteiger partial charge in [0.1, 0.15) is 6.61 Å². The van der Waals surface area contributed by atoms with Crippen molar-refractivity contribution in [2.24, 2.45) is 0 Å². The maximum absolute atomic E-state index is 13.1. The number of halogens is 1. The molecule has 29 heavy (non-hydrogen) atoms. The summed E-state index contributed by atoms with van der Waals surface area (Å²) in [6.45, 7) is 2.26. The fourth-order valence-electron chi connectivity index (χ4n) is 4.58. The number of ether oxygens (including phenoxy) is 1. The molecule has 0 N–H and O–H groups in total. The van der Waals surface area contributed by atoms with Gasteiger partial charge in [0.05, 0.1) is 11.3 Å². The molecule has 5 heteroatoms. The molecule has 0 spiro atoms. The molecule has 2 heterocycles. The van der Waals surface area contributed by atoms with Crippen molar-refractivity contribution < 1.29 is 14.3 Å². The van der Waals surface area contributed by atoms with Gasteiger partial charge in [0.25, 0.3) is 0 Å². The highest BCUT2D eigenvalue weighted by Crippen LogP contribution is 2.49. The lowest BCUT2D eigenvalue weighted by molar-refractivity contribution is -0.136. The van der Waals surface area contributed by atoms with E-state index in [1.807, 2.05) is 43.3 Å². The molecule has 4 nitrogen and oxygen atoms in total. The predicted octanol–water partition coefficient (Wildman–Crippen LogP) is 5.07. The van der Waals surface area contributed by atoms with E-state index in [0.717, 1.165) is 46.6 Å². The second-order valence-corrected chi connectivity index (χ2v) is 8.17. The Labute approximate surface area is 174 Å². The molecular weight excluding hydrogens is 386 g/mol. The Hall–Kier alpha value is -2.85. The molecule has 5 rings (SSSR count). The number of benzene rings is 2. The number of hydrogen-bond acceptors (Lipinski definition) is 4. The Kier molecular flexibility index (Phi) is 4.32. The summed E-state index contributed by atoms with van der Waals surface area (Å²) in [5.74, 6) is -0.640. The van der Waals surface area contributed by atoms with Crippen LogP contribution < -0.4 is 4.90 Å².